The molecule has 1 heterocycles. The summed E-state index contributed by atoms with van der Waals surface area (Å²) in [4.78, 5) is 1.99. The van der Waals surface area contributed by atoms with Gasteiger partial charge in [-0.1, -0.05) is 0 Å². The lowest BCUT2D eigenvalue weighted by Gasteiger charge is -2.08. The number of hydrogen-bond acceptors (Lipinski definition) is 2. The minimum atomic E-state index is -0.681. The largest absolute Gasteiger partial charge is 0.313 e. The van der Waals surface area contributed by atoms with E-state index in [2.05, 4.69) is 5.32 Å². The molecule has 9 heavy (non-hydrogen) atoms. The summed E-state index contributed by atoms with van der Waals surface area (Å²) in [6.07, 6.45) is -0.681. The first-order valence-corrected chi connectivity index (χ1v) is 3.24. The maximum absolute atomic E-state index is 12.7. The summed E-state index contributed by atoms with van der Waals surface area (Å²) in [6.45, 7) is 1.41. The maximum Gasteiger partial charge on any atom is 0.129 e. The Kier molecular flexibility index (Phi) is 2.03. The number of likely N-dealkylation sites (N-methyl/N-ethyl adjacent to an activating group) is 2. The molecule has 1 aliphatic heterocycles. The Labute approximate surface area is 55.0 Å². The molecule has 2 atom stereocenters. The molecule has 0 spiro atoms. The molecule has 1 fully saturated rings. The number of hydrogen-bond donors (Lipinski definition) is 1. The van der Waals surface area contributed by atoms with E-state index in [1.165, 1.54) is 0 Å². The van der Waals surface area contributed by atoms with Gasteiger partial charge in [0.15, 0.2) is 0 Å². The van der Waals surface area contributed by atoms with Crippen molar-refractivity contribution in [2.24, 2.45) is 0 Å². The minimum Gasteiger partial charge on any atom is -0.313 e. The van der Waals surface area contributed by atoms with Gasteiger partial charge in [0, 0.05) is 13.1 Å². The van der Waals surface area contributed by atoms with Crippen LogP contribution in [0.1, 0.15) is 0 Å². The van der Waals surface area contributed by atoms with Gasteiger partial charge in [-0.2, -0.15) is 0 Å². The molecule has 0 amide bonds. The second kappa shape index (κ2) is 2.62. The Bertz CT molecular complexity index is 97.1. The van der Waals surface area contributed by atoms with Gasteiger partial charge in [0.1, 0.15) is 6.17 Å². The van der Waals surface area contributed by atoms with E-state index in [1.54, 1.807) is 7.05 Å². The van der Waals surface area contributed by atoms with Gasteiger partial charge in [0.05, 0.1) is 6.04 Å². The Hall–Kier alpha value is -0.150. The van der Waals surface area contributed by atoms with Crippen molar-refractivity contribution in [2.75, 3.05) is 27.2 Å². The van der Waals surface area contributed by atoms with Crippen molar-refractivity contribution in [3.05, 3.63) is 0 Å². The van der Waals surface area contributed by atoms with Crippen molar-refractivity contribution in [1.82, 2.24) is 10.2 Å². The highest BCUT2D eigenvalue weighted by Gasteiger charge is 2.28. The van der Waals surface area contributed by atoms with Crippen LogP contribution in [0.15, 0.2) is 0 Å². The molecule has 0 aromatic rings. The van der Waals surface area contributed by atoms with Crippen LogP contribution in [0.5, 0.6) is 0 Å². The van der Waals surface area contributed by atoms with Crippen LogP contribution in [0.3, 0.4) is 0 Å². The zero-order chi connectivity index (χ0) is 6.85. The van der Waals surface area contributed by atoms with Crippen LogP contribution in [0.25, 0.3) is 0 Å². The summed E-state index contributed by atoms with van der Waals surface area (Å²) in [5.41, 5.74) is 0. The number of halogens is 1. The highest BCUT2D eigenvalue weighted by Crippen LogP contribution is 2.09. The molecule has 1 N–H and O–H groups in total. The van der Waals surface area contributed by atoms with E-state index in [9.17, 15) is 4.39 Å². The molecule has 0 saturated carbocycles. The highest BCUT2D eigenvalue weighted by atomic mass is 19.1. The van der Waals surface area contributed by atoms with E-state index in [0.29, 0.717) is 6.54 Å². The molecular weight excluding hydrogens is 119 g/mol. The quantitative estimate of drug-likeness (QED) is 0.534. The smallest absolute Gasteiger partial charge is 0.129 e. The van der Waals surface area contributed by atoms with Crippen LogP contribution >= 0.6 is 0 Å². The van der Waals surface area contributed by atoms with Crippen molar-refractivity contribution in [2.45, 2.75) is 12.2 Å². The lowest BCUT2D eigenvalue weighted by molar-refractivity contribution is 0.297. The number of alkyl halides is 1. The molecule has 1 saturated heterocycles. The first-order valence-electron chi connectivity index (χ1n) is 3.24. The minimum absolute atomic E-state index is 0.0509. The fourth-order valence-electron chi connectivity index (χ4n) is 1.22. The van der Waals surface area contributed by atoms with Gasteiger partial charge in [-0.05, 0) is 14.1 Å². The second-order valence-electron chi connectivity index (χ2n) is 2.63. The first-order chi connectivity index (χ1) is 4.24. The molecule has 1 aliphatic rings. The second-order valence-corrected chi connectivity index (χ2v) is 2.63. The lowest BCUT2D eigenvalue weighted by Crippen LogP contribution is -2.33. The number of nitrogens with zero attached hydrogens (tertiary/aromatic N) is 1. The van der Waals surface area contributed by atoms with Gasteiger partial charge in [-0.3, -0.25) is 0 Å². The molecule has 0 aromatic carbocycles. The SMILES string of the molecule is CN[C@H]1CN(C)C[C@H]1F. The predicted molar refractivity (Wildman–Crippen MR) is 35.2 cm³/mol. The van der Waals surface area contributed by atoms with Crippen molar-refractivity contribution in [3.63, 3.8) is 0 Å². The van der Waals surface area contributed by atoms with Gasteiger partial charge >= 0.3 is 0 Å². The van der Waals surface area contributed by atoms with E-state index in [0.717, 1.165) is 6.54 Å². The zero-order valence-corrected chi connectivity index (χ0v) is 5.89. The van der Waals surface area contributed by atoms with Crippen molar-refractivity contribution >= 4 is 0 Å². The van der Waals surface area contributed by atoms with Crippen LogP contribution in [0.2, 0.25) is 0 Å². The molecule has 0 bridgehead atoms. The van der Waals surface area contributed by atoms with Gasteiger partial charge in [-0.15, -0.1) is 0 Å². The van der Waals surface area contributed by atoms with E-state index in [4.69, 9.17) is 0 Å². The number of nitrogens with one attached hydrogen (secondary N) is 1. The van der Waals surface area contributed by atoms with Gasteiger partial charge in [-0.25, -0.2) is 4.39 Å². The van der Waals surface area contributed by atoms with E-state index in [-0.39, 0.29) is 6.04 Å². The number of likely N-dealkylation sites (tertiary alicyclic amines) is 1. The lowest BCUT2D eigenvalue weighted by atomic mass is 10.2. The molecule has 3 heteroatoms. The van der Waals surface area contributed by atoms with Crippen LogP contribution < -0.4 is 5.32 Å². The van der Waals surface area contributed by atoms with Crippen LogP contribution in [-0.2, 0) is 0 Å². The van der Waals surface area contributed by atoms with Gasteiger partial charge < -0.3 is 10.2 Å². The Morgan fingerprint density at radius 2 is 2.22 bits per heavy atom. The van der Waals surface area contributed by atoms with E-state index >= 15 is 0 Å². The van der Waals surface area contributed by atoms with Crippen molar-refractivity contribution in [3.8, 4) is 0 Å². The highest BCUT2D eigenvalue weighted by molar-refractivity contribution is 4.86. The fourth-order valence-corrected chi connectivity index (χ4v) is 1.22. The predicted octanol–water partition coefficient (Wildman–Crippen LogP) is -0.142. The molecule has 0 unspecified atom stereocenters. The molecule has 0 radical (unpaired) electrons. The van der Waals surface area contributed by atoms with Crippen molar-refractivity contribution in [1.29, 1.82) is 0 Å². The van der Waals surface area contributed by atoms with Crippen molar-refractivity contribution < 1.29 is 4.39 Å². The van der Waals surface area contributed by atoms with Crippen LogP contribution in [0, 0.1) is 0 Å². The Morgan fingerprint density at radius 3 is 2.44 bits per heavy atom. The van der Waals surface area contributed by atoms with E-state index in [1.807, 2.05) is 11.9 Å². The Morgan fingerprint density at radius 1 is 1.56 bits per heavy atom. The third-order valence-electron chi connectivity index (χ3n) is 1.80. The van der Waals surface area contributed by atoms with Gasteiger partial charge in [0.25, 0.3) is 0 Å². The van der Waals surface area contributed by atoms with Crippen LogP contribution in [-0.4, -0.2) is 44.3 Å². The third kappa shape index (κ3) is 1.40. The summed E-state index contributed by atoms with van der Waals surface area (Å²) in [7, 11) is 3.74. The summed E-state index contributed by atoms with van der Waals surface area (Å²) >= 11 is 0. The summed E-state index contributed by atoms with van der Waals surface area (Å²) in [6, 6.07) is 0.0509. The molecule has 1 rings (SSSR count). The monoisotopic (exact) mass is 132 g/mol. The maximum atomic E-state index is 12.7. The fraction of sp³-hybridized carbons (Fsp3) is 1.00. The Balaban J connectivity index is 2.38. The topological polar surface area (TPSA) is 15.3 Å². The summed E-state index contributed by atoms with van der Waals surface area (Å²) in [5, 5.41) is 2.93. The normalized spacial score (nSPS) is 37.7. The zero-order valence-electron chi connectivity index (χ0n) is 5.89. The molecule has 0 aliphatic carbocycles. The standard InChI is InChI=1S/C6H13FN2/c1-8-6-4-9(2)3-5(6)7/h5-6,8H,3-4H2,1-2H3/t5-,6+/m1/s1. The molecule has 2 nitrogen and oxygen atoms in total. The average Bonchev–Trinajstić information content (AvgIpc) is 2.10. The molecule has 54 valence electrons. The first kappa shape index (κ1) is 6.96. The van der Waals surface area contributed by atoms with Crippen LogP contribution in [0.4, 0.5) is 4.39 Å². The molecule has 0 aromatic heterocycles. The third-order valence-corrected chi connectivity index (χ3v) is 1.80. The van der Waals surface area contributed by atoms with Gasteiger partial charge in [0.2, 0.25) is 0 Å². The summed E-state index contributed by atoms with van der Waals surface area (Å²) in [5.74, 6) is 0. The summed E-state index contributed by atoms with van der Waals surface area (Å²) < 4.78 is 12.7. The van der Waals surface area contributed by atoms with E-state index < -0.39 is 6.17 Å². The number of rotatable bonds is 1. The molecular formula is C6H13FN2. The average molecular weight is 132 g/mol.